The molecular weight excluding hydrogens is 204 g/mol. The van der Waals surface area contributed by atoms with Gasteiger partial charge in [-0.3, -0.25) is 4.79 Å². The van der Waals surface area contributed by atoms with Crippen molar-refractivity contribution in [3.63, 3.8) is 0 Å². The second kappa shape index (κ2) is 7.66. The van der Waals surface area contributed by atoms with E-state index in [0.29, 0.717) is 6.10 Å². The first-order valence-corrected chi connectivity index (χ1v) is 6.55. The van der Waals surface area contributed by atoms with E-state index in [9.17, 15) is 4.79 Å². The summed E-state index contributed by atoms with van der Waals surface area (Å²) >= 11 is 0. The molecule has 0 saturated carbocycles. The van der Waals surface area contributed by atoms with Crippen LogP contribution >= 0.6 is 0 Å². The number of carbonyl (C=O) groups excluding carboxylic acids is 1. The van der Waals surface area contributed by atoms with Gasteiger partial charge in [0.25, 0.3) is 0 Å². The van der Waals surface area contributed by atoms with Gasteiger partial charge in [-0.25, -0.2) is 0 Å². The van der Waals surface area contributed by atoms with Gasteiger partial charge in [-0.2, -0.15) is 0 Å². The molecule has 1 aliphatic heterocycles. The second-order valence-corrected chi connectivity index (χ2v) is 4.58. The Morgan fingerprint density at radius 2 is 2.00 bits per heavy atom. The molecule has 1 fully saturated rings. The zero-order valence-electron chi connectivity index (χ0n) is 10.5. The maximum Gasteiger partial charge on any atom is 0.304 e. The van der Waals surface area contributed by atoms with Gasteiger partial charge in [0.2, 0.25) is 6.29 Å². The average Bonchev–Trinajstić information content (AvgIpc) is 2.64. The van der Waals surface area contributed by atoms with E-state index < -0.39 is 0 Å². The fraction of sp³-hybridized carbons (Fsp3) is 0.923. The van der Waals surface area contributed by atoms with Crippen LogP contribution < -0.4 is 0 Å². The van der Waals surface area contributed by atoms with Crippen molar-refractivity contribution in [3.05, 3.63) is 0 Å². The Balaban J connectivity index is 2.01. The van der Waals surface area contributed by atoms with Crippen LogP contribution in [0.25, 0.3) is 0 Å². The smallest absolute Gasteiger partial charge is 0.304 e. The summed E-state index contributed by atoms with van der Waals surface area (Å²) in [5.41, 5.74) is 0. The predicted molar refractivity (Wildman–Crippen MR) is 63.0 cm³/mol. The molecule has 0 unspecified atom stereocenters. The summed E-state index contributed by atoms with van der Waals surface area (Å²) in [5.74, 6) is -0.242. The van der Waals surface area contributed by atoms with Gasteiger partial charge in [-0.05, 0) is 12.8 Å². The first kappa shape index (κ1) is 13.5. The van der Waals surface area contributed by atoms with Crippen molar-refractivity contribution in [3.8, 4) is 0 Å². The summed E-state index contributed by atoms with van der Waals surface area (Å²) in [4.78, 5) is 10.7. The van der Waals surface area contributed by atoms with Crippen LogP contribution in [0.2, 0.25) is 0 Å². The molecule has 0 spiro atoms. The van der Waals surface area contributed by atoms with Crippen LogP contribution in [-0.4, -0.2) is 18.4 Å². The predicted octanol–water partition coefficient (Wildman–Crippen LogP) is 3.42. The number of rotatable bonds is 7. The van der Waals surface area contributed by atoms with Crippen molar-refractivity contribution >= 4 is 5.97 Å². The van der Waals surface area contributed by atoms with Crippen LogP contribution in [0.15, 0.2) is 0 Å². The molecule has 94 valence electrons. The van der Waals surface area contributed by atoms with E-state index >= 15 is 0 Å². The largest absolute Gasteiger partial charge is 0.436 e. The summed E-state index contributed by atoms with van der Waals surface area (Å²) < 4.78 is 10.7. The summed E-state index contributed by atoms with van der Waals surface area (Å²) in [6, 6.07) is 0. The molecule has 0 aromatic rings. The van der Waals surface area contributed by atoms with Crippen LogP contribution in [0.3, 0.4) is 0 Å². The number of ether oxygens (including phenoxy) is 2. The van der Waals surface area contributed by atoms with Gasteiger partial charge in [0.15, 0.2) is 0 Å². The molecule has 0 bridgehead atoms. The van der Waals surface area contributed by atoms with Gasteiger partial charge in [-0.1, -0.05) is 39.0 Å². The second-order valence-electron chi connectivity index (χ2n) is 4.58. The standard InChI is InChI=1S/C13H24O3/c1-3-4-5-6-7-8-12-9-10-13(16-12)15-11(2)14/h12-13H,3-10H2,1-2H3/t12-,13-/m1/s1. The van der Waals surface area contributed by atoms with Gasteiger partial charge in [0, 0.05) is 13.3 Å². The lowest BCUT2D eigenvalue weighted by Crippen LogP contribution is -2.16. The van der Waals surface area contributed by atoms with Crippen LogP contribution in [-0.2, 0) is 14.3 Å². The molecule has 1 saturated heterocycles. The zero-order chi connectivity index (χ0) is 11.8. The van der Waals surface area contributed by atoms with Crippen LogP contribution in [0.1, 0.15) is 65.2 Å². The van der Waals surface area contributed by atoms with Gasteiger partial charge in [0.1, 0.15) is 0 Å². The number of hydrogen-bond acceptors (Lipinski definition) is 3. The van der Waals surface area contributed by atoms with E-state index in [-0.39, 0.29) is 12.3 Å². The number of hydrogen-bond donors (Lipinski definition) is 0. The first-order valence-electron chi connectivity index (χ1n) is 6.55. The first-order chi connectivity index (χ1) is 7.72. The minimum absolute atomic E-state index is 0.242. The highest BCUT2D eigenvalue weighted by molar-refractivity contribution is 5.66. The third-order valence-electron chi connectivity index (χ3n) is 3.00. The number of unbranched alkanes of at least 4 members (excludes halogenated alkanes) is 4. The van der Waals surface area contributed by atoms with Gasteiger partial charge in [-0.15, -0.1) is 0 Å². The molecule has 3 nitrogen and oxygen atoms in total. The topological polar surface area (TPSA) is 35.5 Å². The lowest BCUT2D eigenvalue weighted by Gasteiger charge is -2.13. The van der Waals surface area contributed by atoms with Crippen molar-refractivity contribution in [2.45, 2.75) is 77.6 Å². The summed E-state index contributed by atoms with van der Waals surface area (Å²) in [5, 5.41) is 0. The molecule has 1 aliphatic rings. The molecule has 16 heavy (non-hydrogen) atoms. The average molecular weight is 228 g/mol. The van der Waals surface area contributed by atoms with Crippen molar-refractivity contribution in [1.82, 2.24) is 0 Å². The Morgan fingerprint density at radius 3 is 2.69 bits per heavy atom. The molecule has 1 rings (SSSR count). The molecular formula is C13H24O3. The van der Waals surface area contributed by atoms with E-state index in [2.05, 4.69) is 6.92 Å². The van der Waals surface area contributed by atoms with Gasteiger partial charge < -0.3 is 9.47 Å². The third kappa shape index (κ3) is 5.50. The van der Waals surface area contributed by atoms with Crippen molar-refractivity contribution < 1.29 is 14.3 Å². The Kier molecular flexibility index (Phi) is 6.46. The van der Waals surface area contributed by atoms with E-state index in [1.807, 2.05) is 0 Å². The maximum absolute atomic E-state index is 10.7. The normalized spacial score (nSPS) is 24.6. The van der Waals surface area contributed by atoms with E-state index in [4.69, 9.17) is 9.47 Å². The minimum Gasteiger partial charge on any atom is -0.436 e. The highest BCUT2D eigenvalue weighted by Crippen LogP contribution is 2.24. The highest BCUT2D eigenvalue weighted by atomic mass is 16.7. The fourth-order valence-electron chi connectivity index (χ4n) is 2.13. The number of esters is 1. The highest BCUT2D eigenvalue weighted by Gasteiger charge is 2.26. The maximum atomic E-state index is 10.7. The summed E-state index contributed by atoms with van der Waals surface area (Å²) in [6.45, 7) is 3.66. The van der Waals surface area contributed by atoms with Crippen molar-refractivity contribution in [2.75, 3.05) is 0 Å². The number of carbonyl (C=O) groups is 1. The monoisotopic (exact) mass is 228 g/mol. The van der Waals surface area contributed by atoms with Crippen molar-refractivity contribution in [2.24, 2.45) is 0 Å². The Hall–Kier alpha value is -0.570. The molecule has 0 aliphatic carbocycles. The molecule has 0 N–H and O–H groups in total. The fourth-order valence-corrected chi connectivity index (χ4v) is 2.13. The Labute approximate surface area is 98.5 Å². The van der Waals surface area contributed by atoms with E-state index in [0.717, 1.165) is 19.3 Å². The van der Waals surface area contributed by atoms with E-state index in [1.54, 1.807) is 0 Å². The quantitative estimate of drug-likeness (QED) is 0.495. The SMILES string of the molecule is CCCCCCC[C@@H]1CC[C@H](OC(C)=O)O1. The van der Waals surface area contributed by atoms with Crippen molar-refractivity contribution in [1.29, 1.82) is 0 Å². The molecule has 1 heterocycles. The lowest BCUT2D eigenvalue weighted by molar-refractivity contribution is -0.173. The molecule has 0 aromatic heterocycles. The van der Waals surface area contributed by atoms with E-state index in [1.165, 1.54) is 39.0 Å². The summed E-state index contributed by atoms with van der Waals surface area (Å²) in [6.07, 6.45) is 9.52. The minimum atomic E-state index is -0.279. The summed E-state index contributed by atoms with van der Waals surface area (Å²) in [7, 11) is 0. The van der Waals surface area contributed by atoms with Gasteiger partial charge >= 0.3 is 5.97 Å². The lowest BCUT2D eigenvalue weighted by atomic mass is 10.1. The van der Waals surface area contributed by atoms with Crippen LogP contribution in [0.5, 0.6) is 0 Å². The zero-order valence-corrected chi connectivity index (χ0v) is 10.5. The van der Waals surface area contributed by atoms with Crippen LogP contribution in [0.4, 0.5) is 0 Å². The van der Waals surface area contributed by atoms with Crippen LogP contribution in [0, 0.1) is 0 Å². The van der Waals surface area contributed by atoms with Gasteiger partial charge in [0.05, 0.1) is 6.10 Å². The molecule has 2 atom stereocenters. The third-order valence-corrected chi connectivity index (χ3v) is 3.00. The molecule has 0 aromatic carbocycles. The Morgan fingerprint density at radius 1 is 1.25 bits per heavy atom. The molecule has 0 radical (unpaired) electrons. The molecule has 0 amide bonds. The Bertz CT molecular complexity index is 203. The molecule has 3 heteroatoms.